The highest BCUT2D eigenvalue weighted by molar-refractivity contribution is 4.89. The molecule has 3 heteroatoms. The molecule has 0 spiro atoms. The minimum atomic E-state index is 0.203. The van der Waals surface area contributed by atoms with E-state index in [2.05, 4.69) is 44.8 Å². The van der Waals surface area contributed by atoms with Gasteiger partial charge in [-0.25, -0.2) is 0 Å². The van der Waals surface area contributed by atoms with Crippen molar-refractivity contribution in [3.8, 4) is 0 Å². The summed E-state index contributed by atoms with van der Waals surface area (Å²) < 4.78 is 5.22. The van der Waals surface area contributed by atoms with Gasteiger partial charge < -0.3 is 10.1 Å². The molecule has 0 aromatic carbocycles. The third kappa shape index (κ3) is 6.72. The first-order valence-corrected chi connectivity index (χ1v) is 7.21. The Hall–Kier alpha value is -0.120. The minimum Gasteiger partial charge on any atom is -0.383 e. The van der Waals surface area contributed by atoms with Gasteiger partial charge in [-0.05, 0) is 39.0 Å². The molecule has 1 aliphatic rings. The number of ether oxygens (including phenoxy) is 1. The van der Waals surface area contributed by atoms with Crippen LogP contribution < -0.4 is 5.32 Å². The monoisotopic (exact) mass is 256 g/mol. The lowest BCUT2D eigenvalue weighted by molar-refractivity contribution is 0.109. The van der Waals surface area contributed by atoms with E-state index in [1.807, 2.05) is 0 Å². The summed E-state index contributed by atoms with van der Waals surface area (Å²) in [6.45, 7) is 15.5. The lowest BCUT2D eigenvalue weighted by atomic mass is 9.91. The first-order chi connectivity index (χ1) is 8.23. The van der Waals surface area contributed by atoms with Gasteiger partial charge in [0.05, 0.1) is 6.61 Å². The van der Waals surface area contributed by atoms with Gasteiger partial charge >= 0.3 is 0 Å². The zero-order valence-corrected chi connectivity index (χ0v) is 13.2. The van der Waals surface area contributed by atoms with Crippen LogP contribution >= 0.6 is 0 Å². The summed E-state index contributed by atoms with van der Waals surface area (Å²) >= 11 is 0. The number of hydrogen-bond donors (Lipinski definition) is 1. The average Bonchev–Trinajstić information content (AvgIpc) is 3.04. The van der Waals surface area contributed by atoms with Crippen molar-refractivity contribution in [2.45, 2.75) is 59.0 Å². The molecule has 1 fully saturated rings. The first-order valence-electron chi connectivity index (χ1n) is 7.21. The molecule has 1 saturated carbocycles. The number of nitrogens with one attached hydrogen (secondary N) is 1. The molecule has 0 heterocycles. The molecule has 0 amide bonds. The summed E-state index contributed by atoms with van der Waals surface area (Å²) in [5.41, 5.74) is 0.512. The average molecular weight is 256 g/mol. The fourth-order valence-corrected chi connectivity index (χ4v) is 2.15. The van der Waals surface area contributed by atoms with Crippen LogP contribution in [0.15, 0.2) is 0 Å². The third-order valence-corrected chi connectivity index (χ3v) is 3.37. The van der Waals surface area contributed by atoms with Crippen molar-refractivity contribution in [3.05, 3.63) is 0 Å². The second kappa shape index (κ2) is 6.36. The highest BCUT2D eigenvalue weighted by atomic mass is 16.5. The van der Waals surface area contributed by atoms with Gasteiger partial charge in [-0.15, -0.1) is 0 Å². The van der Waals surface area contributed by atoms with E-state index in [1.165, 1.54) is 12.8 Å². The Labute approximate surface area is 113 Å². The summed E-state index contributed by atoms with van der Waals surface area (Å²) in [5, 5.41) is 3.63. The van der Waals surface area contributed by atoms with E-state index < -0.39 is 0 Å². The van der Waals surface area contributed by atoms with Gasteiger partial charge in [-0.1, -0.05) is 13.8 Å². The molecule has 108 valence electrons. The smallest absolute Gasteiger partial charge is 0.0589 e. The number of rotatable bonds is 8. The van der Waals surface area contributed by atoms with E-state index in [1.54, 1.807) is 7.11 Å². The molecule has 3 nitrogen and oxygen atoms in total. The predicted molar refractivity (Wildman–Crippen MR) is 78.0 cm³/mol. The van der Waals surface area contributed by atoms with Gasteiger partial charge in [0.25, 0.3) is 0 Å². The molecular weight excluding hydrogens is 224 g/mol. The summed E-state index contributed by atoms with van der Waals surface area (Å²) in [7, 11) is 1.79. The van der Waals surface area contributed by atoms with E-state index in [-0.39, 0.29) is 5.54 Å². The van der Waals surface area contributed by atoms with Gasteiger partial charge in [0.15, 0.2) is 0 Å². The van der Waals surface area contributed by atoms with Crippen molar-refractivity contribution >= 4 is 0 Å². The van der Waals surface area contributed by atoms with Crippen molar-refractivity contribution in [2.75, 3.05) is 33.4 Å². The SMILES string of the molecule is COCCN(CC(C)(C)CNC(C)(C)C)C1CC1. The number of hydrogen-bond acceptors (Lipinski definition) is 3. The predicted octanol–water partition coefficient (Wildman–Crippen LogP) is 2.51. The van der Waals surface area contributed by atoms with Crippen molar-refractivity contribution in [1.29, 1.82) is 0 Å². The molecule has 18 heavy (non-hydrogen) atoms. The minimum absolute atomic E-state index is 0.203. The Morgan fingerprint density at radius 2 is 1.78 bits per heavy atom. The van der Waals surface area contributed by atoms with Crippen LogP contribution in [0.2, 0.25) is 0 Å². The Morgan fingerprint density at radius 3 is 2.22 bits per heavy atom. The fraction of sp³-hybridized carbons (Fsp3) is 1.00. The van der Waals surface area contributed by atoms with Crippen molar-refractivity contribution < 1.29 is 4.74 Å². The van der Waals surface area contributed by atoms with Crippen LogP contribution in [0.1, 0.15) is 47.5 Å². The molecular formula is C15H32N2O. The van der Waals surface area contributed by atoms with Crippen molar-refractivity contribution in [2.24, 2.45) is 5.41 Å². The number of nitrogens with zero attached hydrogens (tertiary/aromatic N) is 1. The zero-order chi connectivity index (χ0) is 13.8. The maximum absolute atomic E-state index is 5.22. The first kappa shape index (κ1) is 15.9. The third-order valence-electron chi connectivity index (χ3n) is 3.37. The van der Waals surface area contributed by atoms with Gasteiger partial charge in [0, 0.05) is 38.3 Å². The van der Waals surface area contributed by atoms with Gasteiger partial charge in [0.2, 0.25) is 0 Å². The Morgan fingerprint density at radius 1 is 1.17 bits per heavy atom. The summed E-state index contributed by atoms with van der Waals surface area (Å²) in [6.07, 6.45) is 2.74. The van der Waals surface area contributed by atoms with Crippen LogP contribution in [0.5, 0.6) is 0 Å². The Kier molecular flexibility index (Phi) is 5.63. The zero-order valence-electron chi connectivity index (χ0n) is 13.2. The maximum Gasteiger partial charge on any atom is 0.0589 e. The van der Waals surface area contributed by atoms with Crippen LogP contribution in [0.4, 0.5) is 0 Å². The summed E-state index contributed by atoms with van der Waals surface area (Å²) in [5.74, 6) is 0. The molecule has 0 aliphatic heterocycles. The Balaban J connectivity index is 2.40. The molecule has 1 aliphatic carbocycles. The maximum atomic E-state index is 5.22. The van der Waals surface area contributed by atoms with E-state index >= 15 is 0 Å². The molecule has 0 saturated heterocycles. The lowest BCUT2D eigenvalue weighted by Crippen LogP contribution is -2.47. The van der Waals surface area contributed by atoms with Crippen LogP contribution in [0.25, 0.3) is 0 Å². The highest BCUT2D eigenvalue weighted by Crippen LogP contribution is 2.29. The van der Waals surface area contributed by atoms with Gasteiger partial charge in [0.1, 0.15) is 0 Å². The molecule has 0 aromatic heterocycles. The van der Waals surface area contributed by atoms with Crippen LogP contribution in [0.3, 0.4) is 0 Å². The molecule has 0 radical (unpaired) electrons. The quantitative estimate of drug-likeness (QED) is 0.722. The largest absolute Gasteiger partial charge is 0.383 e. The van der Waals surface area contributed by atoms with Crippen LogP contribution in [0, 0.1) is 5.41 Å². The Bertz CT molecular complexity index is 241. The van der Waals surface area contributed by atoms with E-state index in [0.717, 1.165) is 32.3 Å². The van der Waals surface area contributed by atoms with E-state index in [4.69, 9.17) is 4.74 Å². The number of methoxy groups -OCH3 is 1. The topological polar surface area (TPSA) is 24.5 Å². The molecule has 0 bridgehead atoms. The van der Waals surface area contributed by atoms with E-state index in [9.17, 15) is 0 Å². The van der Waals surface area contributed by atoms with Crippen molar-refractivity contribution in [1.82, 2.24) is 10.2 Å². The highest BCUT2D eigenvalue weighted by Gasteiger charge is 2.33. The van der Waals surface area contributed by atoms with Crippen LogP contribution in [-0.2, 0) is 4.74 Å². The second-order valence-electron chi connectivity index (χ2n) is 7.46. The van der Waals surface area contributed by atoms with Crippen LogP contribution in [-0.4, -0.2) is 49.8 Å². The standard InChI is InChI=1S/C15H32N2O/c1-14(2,3)16-11-15(4,5)12-17(9-10-18-6)13-7-8-13/h13,16H,7-12H2,1-6H3. The molecule has 0 atom stereocenters. The molecule has 0 unspecified atom stereocenters. The summed E-state index contributed by atoms with van der Waals surface area (Å²) in [6, 6.07) is 0.814. The molecule has 1 N–H and O–H groups in total. The fourth-order valence-electron chi connectivity index (χ4n) is 2.15. The van der Waals surface area contributed by atoms with E-state index in [0.29, 0.717) is 5.41 Å². The van der Waals surface area contributed by atoms with Crippen molar-refractivity contribution in [3.63, 3.8) is 0 Å². The normalized spacial score (nSPS) is 17.5. The second-order valence-corrected chi connectivity index (χ2v) is 7.46. The summed E-state index contributed by atoms with van der Waals surface area (Å²) in [4.78, 5) is 2.60. The molecule has 1 rings (SSSR count). The lowest BCUT2D eigenvalue weighted by Gasteiger charge is -2.35. The van der Waals surface area contributed by atoms with Gasteiger partial charge in [-0.3, -0.25) is 4.90 Å². The van der Waals surface area contributed by atoms with Gasteiger partial charge in [-0.2, -0.15) is 0 Å². The molecule has 0 aromatic rings.